The molecule has 0 spiro atoms. The number of methoxy groups -OCH3 is 3. The summed E-state index contributed by atoms with van der Waals surface area (Å²) in [5.74, 6) is 5.37. The Morgan fingerprint density at radius 2 is 1.31 bits per heavy atom. The molecule has 6 aliphatic heterocycles. The summed E-state index contributed by atoms with van der Waals surface area (Å²) in [6, 6.07) is 31.6. The molecule has 8 nitrogen and oxygen atoms in total. The van der Waals surface area contributed by atoms with Crippen molar-refractivity contribution in [3.05, 3.63) is 130 Å². The van der Waals surface area contributed by atoms with E-state index in [0.717, 1.165) is 61.2 Å². The average Bonchev–Trinajstić information content (AvgIpc) is 3.17. The molecular weight excluding hydrogens is 652 g/mol. The van der Waals surface area contributed by atoms with Gasteiger partial charge >= 0.3 is 0 Å². The predicted octanol–water partition coefficient (Wildman–Crippen LogP) is 8.73. The third kappa shape index (κ3) is 6.53. The van der Waals surface area contributed by atoms with Crippen LogP contribution in [0.5, 0.6) is 46.0 Å². The predicted molar refractivity (Wildman–Crippen MR) is 202 cm³/mol. The Labute approximate surface area is 306 Å². The lowest BCUT2D eigenvalue weighted by molar-refractivity contribution is 0.219. The Balaban J connectivity index is 1.27. The zero-order valence-electron chi connectivity index (χ0n) is 30.6. The van der Waals surface area contributed by atoms with Crippen LogP contribution in [0.25, 0.3) is 0 Å². The molecule has 0 radical (unpaired) electrons. The molecule has 6 aliphatic rings. The molecular formula is C44H46N2O6. The Hall–Kier alpha value is -5.18. The first-order chi connectivity index (χ1) is 25.4. The second-order valence-corrected chi connectivity index (χ2v) is 14.0. The molecule has 52 heavy (non-hydrogen) atoms. The van der Waals surface area contributed by atoms with Gasteiger partial charge in [-0.2, -0.15) is 0 Å². The van der Waals surface area contributed by atoms with E-state index >= 15 is 0 Å². The van der Waals surface area contributed by atoms with Gasteiger partial charge in [-0.25, -0.2) is 0 Å². The summed E-state index contributed by atoms with van der Waals surface area (Å²) in [6.07, 6.45) is 3.35. The molecule has 268 valence electrons. The molecule has 0 fully saturated rings. The van der Waals surface area contributed by atoms with Crippen LogP contribution in [0.3, 0.4) is 0 Å². The molecule has 6 heterocycles. The monoisotopic (exact) mass is 698 g/mol. The van der Waals surface area contributed by atoms with Crippen molar-refractivity contribution in [1.82, 2.24) is 9.80 Å². The van der Waals surface area contributed by atoms with Gasteiger partial charge in [0.2, 0.25) is 5.75 Å². The van der Waals surface area contributed by atoms with E-state index in [1.54, 1.807) is 21.3 Å². The summed E-state index contributed by atoms with van der Waals surface area (Å²) in [7, 11) is 9.46. The van der Waals surface area contributed by atoms with Crippen LogP contribution in [0, 0.1) is 0 Å². The number of nitrogens with zero attached hydrogens (tertiary/aromatic N) is 2. The quantitative estimate of drug-likeness (QED) is 0.175. The van der Waals surface area contributed by atoms with Crippen molar-refractivity contribution >= 4 is 0 Å². The number of hydrogen-bond donors (Lipinski definition) is 0. The van der Waals surface area contributed by atoms with Crippen LogP contribution in [0.2, 0.25) is 0 Å². The minimum atomic E-state index is 0.0186. The fourth-order valence-electron chi connectivity index (χ4n) is 8.00. The molecule has 5 aromatic rings. The highest BCUT2D eigenvalue weighted by atomic mass is 16.5. The lowest BCUT2D eigenvalue weighted by Gasteiger charge is -2.37. The van der Waals surface area contributed by atoms with Crippen molar-refractivity contribution in [2.24, 2.45) is 0 Å². The van der Waals surface area contributed by atoms with Gasteiger partial charge < -0.3 is 28.4 Å². The van der Waals surface area contributed by atoms with Crippen LogP contribution in [0.4, 0.5) is 0 Å². The summed E-state index contributed by atoms with van der Waals surface area (Å²) in [5, 5.41) is 0. The third-order valence-electron chi connectivity index (χ3n) is 10.9. The molecule has 0 saturated carbocycles. The van der Waals surface area contributed by atoms with E-state index < -0.39 is 0 Å². The minimum Gasteiger partial charge on any atom is -0.493 e. The Morgan fingerprint density at radius 3 is 2.06 bits per heavy atom. The van der Waals surface area contributed by atoms with E-state index in [1.807, 2.05) is 24.3 Å². The first-order valence-corrected chi connectivity index (χ1v) is 18.1. The summed E-state index contributed by atoms with van der Waals surface area (Å²) in [6.45, 7) is 2.28. The van der Waals surface area contributed by atoms with E-state index in [-0.39, 0.29) is 12.1 Å². The Morgan fingerprint density at radius 1 is 0.615 bits per heavy atom. The topological polar surface area (TPSA) is 61.9 Å². The fourth-order valence-corrected chi connectivity index (χ4v) is 8.00. The van der Waals surface area contributed by atoms with Crippen LogP contribution in [0.1, 0.15) is 51.0 Å². The van der Waals surface area contributed by atoms with Crippen molar-refractivity contribution in [2.45, 2.75) is 44.4 Å². The first-order valence-electron chi connectivity index (χ1n) is 18.1. The highest BCUT2D eigenvalue weighted by Crippen LogP contribution is 2.51. The van der Waals surface area contributed by atoms with Crippen molar-refractivity contribution < 1.29 is 28.4 Å². The maximum Gasteiger partial charge on any atom is 0.204 e. The summed E-state index contributed by atoms with van der Waals surface area (Å²) in [5.41, 5.74) is 8.24. The third-order valence-corrected chi connectivity index (χ3v) is 10.9. The molecule has 2 atom stereocenters. The van der Waals surface area contributed by atoms with Gasteiger partial charge in [-0.15, -0.1) is 0 Å². The summed E-state index contributed by atoms with van der Waals surface area (Å²) in [4.78, 5) is 4.81. The molecule has 10 bridgehead atoms. The van der Waals surface area contributed by atoms with E-state index in [9.17, 15) is 0 Å². The Bertz CT molecular complexity index is 2060. The standard InChI is InChI=1S/C44H46N2O6/c1-45-19-17-31-24-38(47-3)40-26-34(31)35(45)21-28-11-14-33(15-12-28)51-39-23-30(13-16-37(39)50-27-29-9-7-6-8-10-29)22-36-42-32(18-20-46(36)2)25-41(52-40)43(48-4)44(42)49-5/h6-16,23-26,35-36H,17-22,27H2,1-5H3. The van der Waals surface area contributed by atoms with Crippen molar-refractivity contribution in [1.29, 1.82) is 0 Å². The second kappa shape index (κ2) is 14.4. The van der Waals surface area contributed by atoms with Crippen LogP contribution in [0.15, 0.2) is 91.0 Å². The van der Waals surface area contributed by atoms with Crippen molar-refractivity contribution in [2.75, 3.05) is 48.5 Å². The van der Waals surface area contributed by atoms with Crippen LogP contribution < -0.4 is 28.4 Å². The van der Waals surface area contributed by atoms with E-state index in [0.29, 0.717) is 46.9 Å². The lowest BCUT2D eigenvalue weighted by Crippen LogP contribution is -2.34. The zero-order valence-corrected chi connectivity index (χ0v) is 30.6. The molecule has 0 saturated heterocycles. The number of benzene rings is 5. The second-order valence-electron chi connectivity index (χ2n) is 14.0. The normalized spacial score (nSPS) is 18.2. The highest BCUT2D eigenvalue weighted by Gasteiger charge is 2.34. The number of rotatable bonds is 6. The van der Waals surface area contributed by atoms with E-state index in [1.165, 1.54) is 22.3 Å². The zero-order chi connectivity index (χ0) is 35.8. The number of ether oxygens (including phenoxy) is 6. The minimum absolute atomic E-state index is 0.0186. The molecule has 0 aliphatic carbocycles. The molecule has 2 unspecified atom stereocenters. The van der Waals surface area contributed by atoms with Gasteiger partial charge in [-0.3, -0.25) is 9.80 Å². The van der Waals surface area contributed by atoms with Crippen LogP contribution in [-0.2, 0) is 32.3 Å². The maximum absolute atomic E-state index is 6.81. The highest BCUT2D eigenvalue weighted by molar-refractivity contribution is 5.63. The number of likely N-dealkylation sites (N-methyl/N-ethyl adjacent to an activating group) is 2. The van der Waals surface area contributed by atoms with Gasteiger partial charge in [0.25, 0.3) is 0 Å². The molecule has 0 N–H and O–H groups in total. The SMILES string of the molecule is COc1cc2c3cc1Oc1cc4c(c(OC)c1OC)C(Cc1ccc(OCc5ccccc5)c(c1)Oc1ccc(cc1)CC3N(C)CC2)N(C)CC4. The molecule has 11 rings (SSSR count). The molecule has 8 heteroatoms. The van der Waals surface area contributed by atoms with Crippen LogP contribution >= 0.6 is 0 Å². The van der Waals surface area contributed by atoms with Gasteiger partial charge in [-0.05, 0) is 116 Å². The summed E-state index contributed by atoms with van der Waals surface area (Å²) < 4.78 is 38.1. The van der Waals surface area contributed by atoms with Crippen molar-refractivity contribution in [3.63, 3.8) is 0 Å². The summed E-state index contributed by atoms with van der Waals surface area (Å²) >= 11 is 0. The van der Waals surface area contributed by atoms with Crippen molar-refractivity contribution in [3.8, 4) is 46.0 Å². The largest absolute Gasteiger partial charge is 0.493 e. The average molecular weight is 699 g/mol. The Kier molecular flexibility index (Phi) is 9.43. The smallest absolute Gasteiger partial charge is 0.204 e. The lowest BCUT2D eigenvalue weighted by atomic mass is 9.87. The van der Waals surface area contributed by atoms with E-state index in [4.69, 9.17) is 28.4 Å². The van der Waals surface area contributed by atoms with Gasteiger partial charge in [0.05, 0.1) is 21.3 Å². The molecule has 5 aromatic carbocycles. The molecule has 0 aromatic heterocycles. The van der Waals surface area contributed by atoms with Gasteiger partial charge in [0.15, 0.2) is 34.5 Å². The fraction of sp³-hybridized carbons (Fsp3) is 0.318. The number of hydrogen-bond acceptors (Lipinski definition) is 8. The van der Waals surface area contributed by atoms with Gasteiger partial charge in [-0.1, -0.05) is 48.5 Å². The van der Waals surface area contributed by atoms with Crippen LogP contribution in [-0.4, -0.2) is 58.3 Å². The maximum atomic E-state index is 6.81. The van der Waals surface area contributed by atoms with Gasteiger partial charge in [0.1, 0.15) is 12.4 Å². The molecule has 0 amide bonds. The first kappa shape index (κ1) is 33.9. The van der Waals surface area contributed by atoms with E-state index in [2.05, 4.69) is 90.6 Å². The van der Waals surface area contributed by atoms with Gasteiger partial charge in [0, 0.05) is 30.7 Å².